The van der Waals surface area contributed by atoms with E-state index in [1.807, 2.05) is 59.6 Å². The Hall–Kier alpha value is -3.86. The summed E-state index contributed by atoms with van der Waals surface area (Å²) in [5, 5.41) is 4.61. The molecule has 0 aliphatic heterocycles. The summed E-state index contributed by atoms with van der Waals surface area (Å²) in [6.07, 6.45) is 5.56. The minimum atomic E-state index is -0.0328. The van der Waals surface area contributed by atoms with Crippen molar-refractivity contribution in [3.8, 4) is 28.4 Å². The van der Waals surface area contributed by atoms with Gasteiger partial charge >= 0.3 is 0 Å². The normalized spacial score (nSPS) is 11.8. The molecule has 0 atom stereocenters. The van der Waals surface area contributed by atoms with Crippen molar-refractivity contribution >= 4 is 5.65 Å². The number of nitrogens with zero attached hydrogens (tertiary/aromatic N) is 4. The van der Waals surface area contributed by atoms with Gasteiger partial charge < -0.3 is 9.30 Å². The van der Waals surface area contributed by atoms with Crippen LogP contribution in [0, 0.1) is 20.0 Å². The first-order valence-electron chi connectivity index (χ1n) is 11.5. The van der Waals surface area contributed by atoms with E-state index < -0.39 is 0 Å². The third-order valence-corrected chi connectivity index (χ3v) is 6.05. The Kier molecular flexibility index (Phi) is 5.28. The molecule has 0 saturated heterocycles. The highest BCUT2D eigenvalue weighted by molar-refractivity contribution is 5.65. The van der Waals surface area contributed by atoms with Gasteiger partial charge in [-0.25, -0.2) is 4.68 Å². The van der Waals surface area contributed by atoms with Crippen LogP contribution >= 0.6 is 0 Å². The molecule has 5 heteroatoms. The van der Waals surface area contributed by atoms with E-state index in [9.17, 15) is 0 Å². The molecule has 0 unspecified atom stereocenters. The van der Waals surface area contributed by atoms with E-state index in [-0.39, 0.29) is 5.41 Å². The monoisotopic (exact) mass is 450 g/mol. The number of hydrogen-bond donors (Lipinski definition) is 0. The number of rotatable bonds is 4. The molecular weight excluding hydrogens is 420 g/mol. The molecule has 3 heterocycles. The Morgan fingerprint density at radius 3 is 2.47 bits per heavy atom. The van der Waals surface area contributed by atoms with Crippen molar-refractivity contribution in [3.05, 3.63) is 96.1 Å². The van der Waals surface area contributed by atoms with Crippen LogP contribution in [-0.4, -0.2) is 14.2 Å². The summed E-state index contributed by atoms with van der Waals surface area (Å²) in [7, 11) is 2.02. The summed E-state index contributed by atoms with van der Waals surface area (Å²) in [6.45, 7) is 10.7. The van der Waals surface area contributed by atoms with E-state index in [2.05, 4.69) is 79.9 Å². The minimum Gasteiger partial charge on any atom is -0.458 e. The largest absolute Gasteiger partial charge is 0.458 e. The van der Waals surface area contributed by atoms with Gasteiger partial charge in [-0.2, -0.15) is 5.10 Å². The molecule has 172 valence electrons. The molecule has 0 aliphatic carbocycles. The molecule has 5 nitrogen and oxygen atoms in total. The summed E-state index contributed by atoms with van der Waals surface area (Å²) in [5.74, 6) is 1.58. The van der Waals surface area contributed by atoms with E-state index in [1.54, 1.807) is 0 Å². The molecule has 0 saturated carbocycles. The molecule has 0 aliphatic rings. The van der Waals surface area contributed by atoms with Gasteiger partial charge in [0.25, 0.3) is 0 Å². The number of fused-ring (bicyclic) bond motifs is 1. The average Bonchev–Trinajstić information content (AvgIpc) is 3.32. The van der Waals surface area contributed by atoms with Crippen molar-refractivity contribution in [2.45, 2.75) is 40.0 Å². The molecular formula is C29H30N4O. The van der Waals surface area contributed by atoms with E-state index in [4.69, 9.17) is 4.74 Å². The third-order valence-electron chi connectivity index (χ3n) is 6.05. The maximum atomic E-state index is 6.43. The summed E-state index contributed by atoms with van der Waals surface area (Å²) in [5.41, 5.74) is 7.40. The van der Waals surface area contributed by atoms with Crippen LogP contribution in [0.2, 0.25) is 0 Å². The van der Waals surface area contributed by atoms with E-state index in [0.29, 0.717) is 0 Å². The molecule has 0 spiro atoms. The minimum absolute atomic E-state index is 0.0328. The number of benzene rings is 2. The summed E-state index contributed by atoms with van der Waals surface area (Å²) < 4.78 is 12.6. The molecule has 0 fully saturated rings. The zero-order chi connectivity index (χ0) is 24.0. The zero-order valence-corrected chi connectivity index (χ0v) is 20.6. The highest BCUT2D eigenvalue weighted by Crippen LogP contribution is 2.34. The van der Waals surface area contributed by atoms with Crippen molar-refractivity contribution in [2.75, 3.05) is 0 Å². The van der Waals surface area contributed by atoms with Crippen LogP contribution in [0.4, 0.5) is 0 Å². The Morgan fingerprint density at radius 2 is 1.74 bits per heavy atom. The highest BCUT2D eigenvalue weighted by Gasteiger charge is 2.17. The fraction of sp³-hybridized carbons (Fsp3) is 0.241. The Labute approximate surface area is 200 Å². The smallest absolute Gasteiger partial charge is 0.188 e. The second kappa shape index (κ2) is 8.17. The maximum absolute atomic E-state index is 6.43. The number of hydrogen-bond acceptors (Lipinski definition) is 2. The standard InChI is InChI=1S/C29H30N4O/c1-20-14-21(2)33(30-20)24-10-9-11-25(18-24)34-26-16-22(15-23(17-26)29(3,4)5)27-19-31(6)28-12-7-8-13-32(27)28/h7-18H,1-6H3. The average molecular weight is 451 g/mol. The summed E-state index contributed by atoms with van der Waals surface area (Å²) >= 11 is 0. The van der Waals surface area contributed by atoms with E-state index >= 15 is 0 Å². The van der Waals surface area contributed by atoms with Crippen molar-refractivity contribution in [1.82, 2.24) is 14.2 Å². The Morgan fingerprint density at radius 1 is 0.912 bits per heavy atom. The number of aryl methyl sites for hydroxylation is 3. The van der Waals surface area contributed by atoms with Crippen LogP contribution in [0.15, 0.2) is 72.9 Å². The highest BCUT2D eigenvalue weighted by atomic mass is 16.5. The lowest BCUT2D eigenvalue weighted by atomic mass is 9.85. The first kappa shape index (κ1) is 22.0. The van der Waals surface area contributed by atoms with Crippen LogP contribution in [0.5, 0.6) is 11.5 Å². The molecule has 3 aromatic heterocycles. The molecule has 34 heavy (non-hydrogen) atoms. The second-order valence-corrected chi connectivity index (χ2v) is 9.88. The van der Waals surface area contributed by atoms with Gasteiger partial charge in [-0.05, 0) is 55.7 Å². The molecule has 5 rings (SSSR count). The number of ether oxygens (including phenoxy) is 1. The fourth-order valence-corrected chi connectivity index (χ4v) is 4.30. The van der Waals surface area contributed by atoms with Crippen molar-refractivity contribution in [1.29, 1.82) is 0 Å². The number of aromatic nitrogens is 4. The topological polar surface area (TPSA) is 35.3 Å². The van der Waals surface area contributed by atoms with E-state index in [1.165, 1.54) is 5.56 Å². The third kappa shape index (κ3) is 4.10. The van der Waals surface area contributed by atoms with Gasteiger partial charge in [0, 0.05) is 11.8 Å². The Balaban J connectivity index is 1.59. The first-order chi connectivity index (χ1) is 16.2. The SMILES string of the molecule is Cc1cc(C)n(-c2cccc(Oc3cc(-c4[c-][n+](C)c5ccccn45)cc(C(C)(C)C)c3)c2)n1. The molecule has 5 aromatic rings. The maximum Gasteiger partial charge on any atom is 0.188 e. The Bertz CT molecular complexity index is 1500. The molecule has 0 radical (unpaired) electrons. The predicted molar refractivity (Wildman–Crippen MR) is 135 cm³/mol. The predicted octanol–water partition coefficient (Wildman–Crippen LogP) is 6.12. The van der Waals surface area contributed by atoms with Crippen LogP contribution in [-0.2, 0) is 12.5 Å². The number of pyridine rings is 1. The fourth-order valence-electron chi connectivity index (χ4n) is 4.30. The van der Waals surface area contributed by atoms with E-state index in [0.717, 1.165) is 45.5 Å². The van der Waals surface area contributed by atoms with Crippen LogP contribution in [0.25, 0.3) is 22.6 Å². The van der Waals surface area contributed by atoms with Crippen molar-refractivity contribution in [2.24, 2.45) is 7.05 Å². The van der Waals surface area contributed by atoms with Crippen molar-refractivity contribution < 1.29 is 9.30 Å². The van der Waals surface area contributed by atoms with Gasteiger partial charge in [-0.15, -0.1) is 6.07 Å². The summed E-state index contributed by atoms with van der Waals surface area (Å²) in [4.78, 5) is 0. The van der Waals surface area contributed by atoms with Gasteiger partial charge in [0.2, 0.25) is 0 Å². The lowest BCUT2D eigenvalue weighted by Crippen LogP contribution is -2.25. The molecule has 2 aromatic carbocycles. The van der Waals surface area contributed by atoms with Crippen molar-refractivity contribution in [3.63, 3.8) is 0 Å². The quantitative estimate of drug-likeness (QED) is 0.244. The van der Waals surface area contributed by atoms with Crippen LogP contribution < -0.4 is 9.30 Å². The van der Waals surface area contributed by atoms with Gasteiger partial charge in [0.05, 0.1) is 36.5 Å². The molecule has 0 bridgehead atoms. The van der Waals surface area contributed by atoms with Gasteiger partial charge in [0.1, 0.15) is 11.5 Å². The lowest BCUT2D eigenvalue weighted by molar-refractivity contribution is -0.648. The second-order valence-electron chi connectivity index (χ2n) is 9.88. The number of imidazole rings is 1. The summed E-state index contributed by atoms with van der Waals surface area (Å²) in [6, 6.07) is 22.8. The van der Waals surface area contributed by atoms with Crippen LogP contribution in [0.3, 0.4) is 0 Å². The lowest BCUT2D eigenvalue weighted by Gasteiger charge is -2.22. The van der Waals surface area contributed by atoms with Gasteiger partial charge in [-0.1, -0.05) is 50.1 Å². The zero-order valence-electron chi connectivity index (χ0n) is 20.6. The molecule has 0 N–H and O–H groups in total. The van der Waals surface area contributed by atoms with Gasteiger partial charge in [-0.3, -0.25) is 4.40 Å². The molecule has 0 amide bonds. The first-order valence-corrected chi connectivity index (χ1v) is 11.5. The van der Waals surface area contributed by atoms with Gasteiger partial charge in [0.15, 0.2) is 5.65 Å². The van der Waals surface area contributed by atoms with Crippen LogP contribution in [0.1, 0.15) is 37.7 Å².